The maximum absolute atomic E-state index is 12.0. The van der Waals surface area contributed by atoms with E-state index in [0.29, 0.717) is 12.1 Å². The second-order valence-electron chi connectivity index (χ2n) is 5.37. The van der Waals surface area contributed by atoms with Crippen molar-refractivity contribution in [3.8, 4) is 0 Å². The molecule has 0 fully saturated rings. The standard InChI is InChI=1S/C15H19ClN2O4/c1-8(2)6-13(19)18-10-4-5-12(16)11(7-10)14(20)17-9(3)15(21)22/h4-5,7-9H,6H2,1-3H3,(H,17,20)(H,18,19)(H,21,22)/t9-/m0/s1. The monoisotopic (exact) mass is 326 g/mol. The highest BCUT2D eigenvalue weighted by atomic mass is 35.5. The minimum absolute atomic E-state index is 0.108. The van der Waals surface area contributed by atoms with E-state index < -0.39 is 17.9 Å². The van der Waals surface area contributed by atoms with E-state index in [4.69, 9.17) is 16.7 Å². The predicted molar refractivity (Wildman–Crippen MR) is 84.1 cm³/mol. The Labute approximate surface area is 133 Å². The highest BCUT2D eigenvalue weighted by molar-refractivity contribution is 6.34. The highest BCUT2D eigenvalue weighted by Gasteiger charge is 2.18. The van der Waals surface area contributed by atoms with Gasteiger partial charge in [-0.1, -0.05) is 25.4 Å². The fourth-order valence-corrected chi connectivity index (χ4v) is 1.90. The van der Waals surface area contributed by atoms with E-state index in [-0.39, 0.29) is 22.4 Å². The summed E-state index contributed by atoms with van der Waals surface area (Å²) in [5, 5.41) is 14.0. The number of carboxylic acid groups (broad SMARTS) is 1. The summed E-state index contributed by atoms with van der Waals surface area (Å²) in [7, 11) is 0. The van der Waals surface area contributed by atoms with Crippen LogP contribution in [0.1, 0.15) is 37.6 Å². The molecule has 6 nitrogen and oxygen atoms in total. The average molecular weight is 327 g/mol. The third kappa shape index (κ3) is 5.37. The Balaban J connectivity index is 2.88. The zero-order chi connectivity index (χ0) is 16.9. The molecule has 0 aliphatic carbocycles. The molecule has 0 spiro atoms. The molecule has 0 aliphatic rings. The second kappa shape index (κ2) is 7.79. The molecule has 1 atom stereocenters. The fourth-order valence-electron chi connectivity index (χ4n) is 1.70. The van der Waals surface area contributed by atoms with Crippen LogP contribution in [0.25, 0.3) is 0 Å². The van der Waals surface area contributed by atoms with E-state index in [1.54, 1.807) is 6.07 Å². The molecule has 2 amide bonds. The molecule has 0 saturated carbocycles. The van der Waals surface area contributed by atoms with Gasteiger partial charge in [-0.3, -0.25) is 14.4 Å². The zero-order valence-corrected chi connectivity index (χ0v) is 13.4. The van der Waals surface area contributed by atoms with Crippen molar-refractivity contribution < 1.29 is 19.5 Å². The summed E-state index contributed by atoms with van der Waals surface area (Å²) in [5.41, 5.74) is 0.542. The quantitative estimate of drug-likeness (QED) is 0.748. The maximum Gasteiger partial charge on any atom is 0.325 e. The minimum Gasteiger partial charge on any atom is -0.480 e. The normalized spacial score (nSPS) is 11.9. The highest BCUT2D eigenvalue weighted by Crippen LogP contribution is 2.21. The van der Waals surface area contributed by atoms with Crippen molar-refractivity contribution >= 4 is 35.1 Å². The van der Waals surface area contributed by atoms with Crippen molar-refractivity contribution in [3.63, 3.8) is 0 Å². The number of benzene rings is 1. The Morgan fingerprint density at radius 2 is 1.86 bits per heavy atom. The molecule has 1 aromatic carbocycles. The minimum atomic E-state index is -1.15. The third-order valence-electron chi connectivity index (χ3n) is 2.81. The first-order chi connectivity index (χ1) is 10.2. The van der Waals surface area contributed by atoms with Gasteiger partial charge in [0.05, 0.1) is 10.6 Å². The first-order valence-electron chi connectivity index (χ1n) is 6.83. The molecular weight excluding hydrogens is 308 g/mol. The first kappa shape index (κ1) is 18.0. The molecule has 0 aromatic heterocycles. The summed E-state index contributed by atoms with van der Waals surface area (Å²) in [6, 6.07) is 3.44. The van der Waals surface area contributed by atoms with Crippen molar-refractivity contribution in [3.05, 3.63) is 28.8 Å². The molecule has 0 radical (unpaired) electrons. The fraction of sp³-hybridized carbons (Fsp3) is 0.400. The van der Waals surface area contributed by atoms with Crippen LogP contribution >= 0.6 is 11.6 Å². The van der Waals surface area contributed by atoms with Gasteiger partial charge in [0.1, 0.15) is 6.04 Å². The van der Waals surface area contributed by atoms with Crippen molar-refractivity contribution in [1.82, 2.24) is 5.32 Å². The number of halogens is 1. The number of rotatable bonds is 6. The Morgan fingerprint density at radius 3 is 2.41 bits per heavy atom. The molecular formula is C15H19ClN2O4. The van der Waals surface area contributed by atoms with Crippen LogP contribution in [0.15, 0.2) is 18.2 Å². The van der Waals surface area contributed by atoms with E-state index >= 15 is 0 Å². The van der Waals surface area contributed by atoms with Crippen LogP contribution in [-0.4, -0.2) is 28.9 Å². The summed E-state index contributed by atoms with van der Waals surface area (Å²) >= 11 is 5.95. The van der Waals surface area contributed by atoms with Gasteiger partial charge >= 0.3 is 5.97 Å². The Morgan fingerprint density at radius 1 is 1.23 bits per heavy atom. The molecule has 0 bridgehead atoms. The van der Waals surface area contributed by atoms with E-state index in [0.717, 1.165) is 0 Å². The Bertz CT molecular complexity index is 587. The van der Waals surface area contributed by atoms with Crippen molar-refractivity contribution in [2.45, 2.75) is 33.2 Å². The predicted octanol–water partition coefficient (Wildman–Crippen LogP) is 2.53. The lowest BCUT2D eigenvalue weighted by Crippen LogP contribution is -2.38. The van der Waals surface area contributed by atoms with Crippen LogP contribution < -0.4 is 10.6 Å². The van der Waals surface area contributed by atoms with Crippen LogP contribution in [0.3, 0.4) is 0 Å². The Kier molecular flexibility index (Phi) is 6.37. The maximum atomic E-state index is 12.0. The van der Waals surface area contributed by atoms with Gasteiger partial charge in [0.15, 0.2) is 0 Å². The number of carbonyl (C=O) groups is 3. The van der Waals surface area contributed by atoms with Gasteiger partial charge in [-0.25, -0.2) is 0 Å². The Hall–Kier alpha value is -2.08. The summed E-state index contributed by atoms with van der Waals surface area (Å²) in [6.45, 7) is 5.20. The molecule has 0 heterocycles. The smallest absolute Gasteiger partial charge is 0.325 e. The number of nitrogens with one attached hydrogen (secondary N) is 2. The van der Waals surface area contributed by atoms with Crippen molar-refractivity contribution in [2.24, 2.45) is 5.92 Å². The van der Waals surface area contributed by atoms with E-state index in [1.165, 1.54) is 19.1 Å². The van der Waals surface area contributed by atoms with E-state index in [9.17, 15) is 14.4 Å². The molecule has 1 aromatic rings. The summed E-state index contributed by atoms with van der Waals surface area (Å²) in [4.78, 5) is 34.5. The molecule has 0 aliphatic heterocycles. The summed E-state index contributed by atoms with van der Waals surface area (Å²) < 4.78 is 0. The van der Waals surface area contributed by atoms with Crippen LogP contribution in [-0.2, 0) is 9.59 Å². The van der Waals surface area contributed by atoms with Crippen LogP contribution in [0.2, 0.25) is 5.02 Å². The number of anilines is 1. The van der Waals surface area contributed by atoms with Gasteiger partial charge in [0.25, 0.3) is 5.91 Å². The lowest BCUT2D eigenvalue weighted by atomic mass is 10.1. The SMILES string of the molecule is CC(C)CC(=O)Nc1ccc(Cl)c(C(=O)N[C@@H](C)C(=O)O)c1. The van der Waals surface area contributed by atoms with E-state index in [2.05, 4.69) is 10.6 Å². The van der Waals surface area contributed by atoms with Crippen LogP contribution in [0, 0.1) is 5.92 Å². The van der Waals surface area contributed by atoms with Crippen LogP contribution in [0.5, 0.6) is 0 Å². The van der Waals surface area contributed by atoms with Gasteiger partial charge < -0.3 is 15.7 Å². The lowest BCUT2D eigenvalue weighted by Gasteiger charge is -2.12. The number of hydrogen-bond acceptors (Lipinski definition) is 3. The molecule has 22 heavy (non-hydrogen) atoms. The number of carboxylic acids is 1. The summed E-state index contributed by atoms with van der Waals surface area (Å²) in [6.07, 6.45) is 0.361. The first-order valence-corrected chi connectivity index (χ1v) is 7.21. The number of amides is 2. The molecule has 120 valence electrons. The molecule has 3 N–H and O–H groups in total. The topological polar surface area (TPSA) is 95.5 Å². The van der Waals surface area contributed by atoms with Gasteiger partial charge in [0.2, 0.25) is 5.91 Å². The van der Waals surface area contributed by atoms with E-state index in [1.807, 2.05) is 13.8 Å². The summed E-state index contributed by atoms with van der Waals surface area (Å²) in [5.74, 6) is -1.71. The molecule has 1 rings (SSSR count). The third-order valence-corrected chi connectivity index (χ3v) is 3.14. The average Bonchev–Trinajstić information content (AvgIpc) is 2.39. The second-order valence-corrected chi connectivity index (χ2v) is 5.78. The largest absolute Gasteiger partial charge is 0.480 e. The zero-order valence-electron chi connectivity index (χ0n) is 12.6. The van der Waals surface area contributed by atoms with Crippen molar-refractivity contribution in [1.29, 1.82) is 0 Å². The van der Waals surface area contributed by atoms with Gasteiger partial charge in [0, 0.05) is 12.1 Å². The van der Waals surface area contributed by atoms with Gasteiger partial charge in [-0.05, 0) is 31.0 Å². The molecule has 7 heteroatoms. The van der Waals surface area contributed by atoms with Gasteiger partial charge in [-0.15, -0.1) is 0 Å². The molecule has 0 unspecified atom stereocenters. The van der Waals surface area contributed by atoms with Crippen molar-refractivity contribution in [2.75, 3.05) is 5.32 Å². The van der Waals surface area contributed by atoms with Gasteiger partial charge in [-0.2, -0.15) is 0 Å². The lowest BCUT2D eigenvalue weighted by molar-refractivity contribution is -0.138. The molecule has 0 saturated heterocycles. The van der Waals surface area contributed by atoms with Crippen LogP contribution in [0.4, 0.5) is 5.69 Å². The number of hydrogen-bond donors (Lipinski definition) is 3. The number of aliphatic carboxylic acids is 1. The number of carbonyl (C=O) groups excluding carboxylic acids is 2.